The summed E-state index contributed by atoms with van der Waals surface area (Å²) in [7, 11) is 2.17. The van der Waals surface area contributed by atoms with Gasteiger partial charge in [-0.15, -0.1) is 0 Å². The van der Waals surface area contributed by atoms with Gasteiger partial charge in [-0.2, -0.15) is 0 Å². The minimum atomic E-state index is 0.275. The Hall–Kier alpha value is -0.120. The standard InChI is InChI=1S/C12H26N2O/c1-5-7-14-9-11(6-8-15)13(4)10-12(14,2)3/h11,15H,5-10H2,1-4H3. The monoisotopic (exact) mass is 214 g/mol. The number of aliphatic hydroxyl groups excluding tert-OH is 1. The summed E-state index contributed by atoms with van der Waals surface area (Å²) in [6.07, 6.45) is 2.10. The summed E-state index contributed by atoms with van der Waals surface area (Å²) in [5, 5.41) is 9.04. The zero-order valence-electron chi connectivity index (χ0n) is 10.7. The Kier molecular flexibility index (Phi) is 4.56. The summed E-state index contributed by atoms with van der Waals surface area (Å²) in [5.41, 5.74) is 0.275. The molecule has 0 spiro atoms. The quantitative estimate of drug-likeness (QED) is 0.761. The van der Waals surface area contributed by atoms with Crippen molar-refractivity contribution in [1.29, 1.82) is 0 Å². The molecule has 1 rings (SSSR count). The fourth-order valence-corrected chi connectivity index (χ4v) is 2.60. The average molecular weight is 214 g/mol. The molecule has 3 heteroatoms. The van der Waals surface area contributed by atoms with E-state index in [0.29, 0.717) is 12.6 Å². The highest BCUT2D eigenvalue weighted by atomic mass is 16.3. The van der Waals surface area contributed by atoms with E-state index in [2.05, 4.69) is 37.6 Å². The van der Waals surface area contributed by atoms with Crippen LogP contribution in [0.25, 0.3) is 0 Å². The van der Waals surface area contributed by atoms with Crippen LogP contribution in [0, 0.1) is 0 Å². The summed E-state index contributed by atoms with van der Waals surface area (Å²) in [5.74, 6) is 0. The van der Waals surface area contributed by atoms with E-state index >= 15 is 0 Å². The summed E-state index contributed by atoms with van der Waals surface area (Å²) in [4.78, 5) is 4.95. The predicted octanol–water partition coefficient (Wildman–Crippen LogP) is 1.17. The zero-order chi connectivity index (χ0) is 11.5. The van der Waals surface area contributed by atoms with Gasteiger partial charge in [-0.1, -0.05) is 6.92 Å². The zero-order valence-corrected chi connectivity index (χ0v) is 10.7. The van der Waals surface area contributed by atoms with Crippen LogP contribution < -0.4 is 0 Å². The van der Waals surface area contributed by atoms with Gasteiger partial charge in [0.15, 0.2) is 0 Å². The second-order valence-corrected chi connectivity index (χ2v) is 5.34. The van der Waals surface area contributed by atoms with E-state index in [1.807, 2.05) is 0 Å². The van der Waals surface area contributed by atoms with E-state index in [1.165, 1.54) is 13.0 Å². The van der Waals surface area contributed by atoms with Gasteiger partial charge in [0.2, 0.25) is 0 Å². The molecule has 0 bridgehead atoms. The second-order valence-electron chi connectivity index (χ2n) is 5.34. The molecule has 0 aromatic heterocycles. The number of aliphatic hydroxyl groups is 1. The molecule has 3 nitrogen and oxygen atoms in total. The maximum Gasteiger partial charge on any atom is 0.0446 e. The average Bonchev–Trinajstić information content (AvgIpc) is 2.13. The highest BCUT2D eigenvalue weighted by Crippen LogP contribution is 2.24. The van der Waals surface area contributed by atoms with Crippen molar-refractivity contribution in [1.82, 2.24) is 9.80 Å². The first-order valence-corrected chi connectivity index (χ1v) is 6.07. The fourth-order valence-electron chi connectivity index (χ4n) is 2.60. The van der Waals surface area contributed by atoms with Gasteiger partial charge in [0.05, 0.1) is 0 Å². The molecule has 1 saturated heterocycles. The molecule has 1 fully saturated rings. The summed E-state index contributed by atoms with van der Waals surface area (Å²) >= 11 is 0. The van der Waals surface area contributed by atoms with Gasteiger partial charge in [-0.25, -0.2) is 0 Å². The molecule has 1 atom stereocenters. The Morgan fingerprint density at radius 1 is 1.40 bits per heavy atom. The normalized spacial score (nSPS) is 28.2. The number of piperazine rings is 1. The Bertz CT molecular complexity index is 194. The smallest absolute Gasteiger partial charge is 0.0446 e. The molecule has 0 radical (unpaired) electrons. The molecule has 0 amide bonds. The van der Waals surface area contributed by atoms with E-state index in [4.69, 9.17) is 5.11 Å². The third-order valence-corrected chi connectivity index (χ3v) is 3.50. The van der Waals surface area contributed by atoms with Crippen LogP contribution in [-0.4, -0.2) is 59.8 Å². The van der Waals surface area contributed by atoms with Crippen molar-refractivity contribution < 1.29 is 5.11 Å². The molecular weight excluding hydrogens is 188 g/mol. The number of rotatable bonds is 4. The largest absolute Gasteiger partial charge is 0.396 e. The van der Waals surface area contributed by atoms with Gasteiger partial charge in [0.1, 0.15) is 0 Å². The maximum absolute atomic E-state index is 9.04. The lowest BCUT2D eigenvalue weighted by molar-refractivity contribution is -0.0116. The van der Waals surface area contributed by atoms with Crippen molar-refractivity contribution in [3.8, 4) is 0 Å². The molecule has 1 aliphatic heterocycles. The third kappa shape index (κ3) is 3.16. The SMILES string of the molecule is CCCN1CC(CCO)N(C)CC1(C)C. The molecule has 0 aromatic rings. The van der Waals surface area contributed by atoms with Crippen LogP contribution in [0.2, 0.25) is 0 Å². The molecule has 15 heavy (non-hydrogen) atoms. The van der Waals surface area contributed by atoms with Gasteiger partial charge in [0, 0.05) is 31.3 Å². The minimum Gasteiger partial charge on any atom is -0.396 e. The topological polar surface area (TPSA) is 26.7 Å². The number of hydrogen-bond donors (Lipinski definition) is 1. The van der Waals surface area contributed by atoms with Crippen LogP contribution in [0.5, 0.6) is 0 Å². The van der Waals surface area contributed by atoms with E-state index in [-0.39, 0.29) is 5.54 Å². The molecule has 90 valence electrons. The maximum atomic E-state index is 9.04. The number of nitrogens with zero attached hydrogens (tertiary/aromatic N) is 2. The molecule has 1 unspecified atom stereocenters. The van der Waals surface area contributed by atoms with Crippen molar-refractivity contribution in [2.75, 3.05) is 33.3 Å². The number of likely N-dealkylation sites (N-methyl/N-ethyl adjacent to an activating group) is 1. The van der Waals surface area contributed by atoms with E-state index in [0.717, 1.165) is 19.5 Å². The molecule has 0 saturated carbocycles. The molecule has 1 N–H and O–H groups in total. The lowest BCUT2D eigenvalue weighted by atomic mass is 9.94. The molecule has 0 aromatic carbocycles. The van der Waals surface area contributed by atoms with Crippen molar-refractivity contribution in [3.05, 3.63) is 0 Å². The van der Waals surface area contributed by atoms with Crippen LogP contribution in [0.1, 0.15) is 33.6 Å². The summed E-state index contributed by atoms with van der Waals surface area (Å²) in [6.45, 7) is 10.5. The first-order chi connectivity index (χ1) is 7.01. The summed E-state index contributed by atoms with van der Waals surface area (Å²) in [6, 6.07) is 0.523. The Morgan fingerprint density at radius 2 is 2.07 bits per heavy atom. The third-order valence-electron chi connectivity index (χ3n) is 3.50. The van der Waals surface area contributed by atoms with Gasteiger partial charge in [-0.3, -0.25) is 4.90 Å². The lowest BCUT2D eigenvalue weighted by Crippen LogP contribution is -2.62. The van der Waals surface area contributed by atoms with Crippen LogP contribution in [0.15, 0.2) is 0 Å². The van der Waals surface area contributed by atoms with Crippen molar-refractivity contribution in [3.63, 3.8) is 0 Å². The van der Waals surface area contributed by atoms with Crippen LogP contribution in [0.4, 0.5) is 0 Å². The molecule has 1 aliphatic rings. The first kappa shape index (κ1) is 12.9. The van der Waals surface area contributed by atoms with Gasteiger partial charge < -0.3 is 10.0 Å². The van der Waals surface area contributed by atoms with Crippen molar-refractivity contribution >= 4 is 0 Å². The molecular formula is C12H26N2O. The van der Waals surface area contributed by atoms with E-state index in [1.54, 1.807) is 0 Å². The van der Waals surface area contributed by atoms with Gasteiger partial charge in [-0.05, 0) is 40.3 Å². The Labute approximate surface area is 94.1 Å². The lowest BCUT2D eigenvalue weighted by Gasteiger charge is -2.50. The van der Waals surface area contributed by atoms with Crippen molar-refractivity contribution in [2.24, 2.45) is 0 Å². The van der Waals surface area contributed by atoms with Crippen LogP contribution in [-0.2, 0) is 0 Å². The minimum absolute atomic E-state index is 0.275. The second kappa shape index (κ2) is 5.28. The van der Waals surface area contributed by atoms with Gasteiger partial charge >= 0.3 is 0 Å². The van der Waals surface area contributed by atoms with Crippen molar-refractivity contribution in [2.45, 2.75) is 45.2 Å². The van der Waals surface area contributed by atoms with E-state index < -0.39 is 0 Å². The van der Waals surface area contributed by atoms with E-state index in [9.17, 15) is 0 Å². The van der Waals surface area contributed by atoms with Crippen LogP contribution >= 0.6 is 0 Å². The summed E-state index contributed by atoms with van der Waals surface area (Å²) < 4.78 is 0. The first-order valence-electron chi connectivity index (χ1n) is 6.07. The molecule has 0 aliphatic carbocycles. The Morgan fingerprint density at radius 3 is 2.60 bits per heavy atom. The highest BCUT2D eigenvalue weighted by molar-refractivity contribution is 4.93. The van der Waals surface area contributed by atoms with Gasteiger partial charge in [0.25, 0.3) is 0 Å². The Balaban J connectivity index is 2.62. The van der Waals surface area contributed by atoms with Crippen LogP contribution in [0.3, 0.4) is 0 Å². The number of hydrogen-bond acceptors (Lipinski definition) is 3. The molecule has 1 heterocycles. The highest BCUT2D eigenvalue weighted by Gasteiger charge is 2.36. The fraction of sp³-hybridized carbons (Fsp3) is 1.00. The predicted molar refractivity (Wildman–Crippen MR) is 64.1 cm³/mol.